The number of aromatic nitrogens is 2. The first-order chi connectivity index (χ1) is 12.9. The second-order valence-electron chi connectivity index (χ2n) is 6.70. The fraction of sp³-hybridized carbons (Fsp3) is 0.263. The molecule has 7 nitrogen and oxygen atoms in total. The summed E-state index contributed by atoms with van der Waals surface area (Å²) >= 11 is 0. The van der Waals surface area contributed by atoms with E-state index in [-0.39, 0.29) is 22.3 Å². The van der Waals surface area contributed by atoms with Gasteiger partial charge >= 0.3 is 5.69 Å². The van der Waals surface area contributed by atoms with E-state index in [4.69, 9.17) is 0 Å². The van der Waals surface area contributed by atoms with Crippen LogP contribution in [0.4, 0.5) is 0 Å². The summed E-state index contributed by atoms with van der Waals surface area (Å²) < 4.78 is 27.3. The molecule has 0 bridgehead atoms. The van der Waals surface area contributed by atoms with Crippen LogP contribution in [0.3, 0.4) is 0 Å². The number of piperidine rings is 1. The number of hydrogen-bond donors (Lipinski definition) is 2. The Morgan fingerprint density at radius 3 is 2.33 bits per heavy atom. The summed E-state index contributed by atoms with van der Waals surface area (Å²) in [5.41, 5.74) is 1.31. The average molecular weight is 385 g/mol. The van der Waals surface area contributed by atoms with Gasteiger partial charge in [-0.2, -0.15) is 4.31 Å². The van der Waals surface area contributed by atoms with Crippen LogP contribution < -0.4 is 5.69 Å². The Kier molecular flexibility index (Phi) is 4.45. The predicted octanol–water partition coefficient (Wildman–Crippen LogP) is 2.14. The van der Waals surface area contributed by atoms with Crippen molar-refractivity contribution in [1.82, 2.24) is 14.3 Å². The minimum absolute atomic E-state index is 0.0685. The van der Waals surface area contributed by atoms with Crippen LogP contribution in [0.5, 0.6) is 0 Å². The van der Waals surface area contributed by atoms with Crippen LogP contribution in [0, 0.1) is 5.92 Å². The summed E-state index contributed by atoms with van der Waals surface area (Å²) in [5.74, 6) is -0.0960. The molecule has 2 N–H and O–H groups in total. The Labute approximate surface area is 156 Å². The van der Waals surface area contributed by atoms with Crippen molar-refractivity contribution in [2.45, 2.75) is 17.7 Å². The molecule has 0 amide bonds. The number of benzene rings is 2. The number of nitrogens with one attached hydrogen (secondary N) is 2. The molecule has 0 radical (unpaired) electrons. The van der Waals surface area contributed by atoms with Gasteiger partial charge in [-0.3, -0.25) is 4.79 Å². The van der Waals surface area contributed by atoms with Gasteiger partial charge in [-0.25, -0.2) is 13.2 Å². The normalized spacial score (nSPS) is 16.6. The number of aromatic amines is 2. The fourth-order valence-corrected chi connectivity index (χ4v) is 5.01. The lowest BCUT2D eigenvalue weighted by atomic mass is 9.90. The van der Waals surface area contributed by atoms with Gasteiger partial charge in [0.15, 0.2) is 5.78 Å². The van der Waals surface area contributed by atoms with Crippen LogP contribution in [0.1, 0.15) is 23.2 Å². The molecule has 0 saturated carbocycles. The largest absolute Gasteiger partial charge is 0.323 e. The Hall–Kier alpha value is -2.71. The Morgan fingerprint density at radius 2 is 1.63 bits per heavy atom. The van der Waals surface area contributed by atoms with Crippen molar-refractivity contribution in [2.75, 3.05) is 13.1 Å². The van der Waals surface area contributed by atoms with Gasteiger partial charge in [0.2, 0.25) is 10.0 Å². The fourth-order valence-electron chi connectivity index (χ4n) is 3.52. The van der Waals surface area contributed by atoms with Gasteiger partial charge in [-0.15, -0.1) is 0 Å². The van der Waals surface area contributed by atoms with E-state index in [1.54, 1.807) is 18.2 Å². The molecule has 1 aromatic heterocycles. The number of sulfonamides is 1. The van der Waals surface area contributed by atoms with E-state index in [0.29, 0.717) is 42.5 Å². The quantitative estimate of drug-likeness (QED) is 0.672. The summed E-state index contributed by atoms with van der Waals surface area (Å²) in [6, 6.07) is 13.6. The summed E-state index contributed by atoms with van der Waals surface area (Å²) in [6.45, 7) is 0.598. The van der Waals surface area contributed by atoms with Gasteiger partial charge < -0.3 is 9.97 Å². The summed E-state index contributed by atoms with van der Waals surface area (Å²) in [6.07, 6.45) is 0.992. The highest BCUT2D eigenvalue weighted by molar-refractivity contribution is 7.89. The molecular weight excluding hydrogens is 366 g/mol. The molecule has 1 saturated heterocycles. The second kappa shape index (κ2) is 6.79. The molecule has 0 spiro atoms. The Morgan fingerprint density at radius 1 is 0.963 bits per heavy atom. The van der Waals surface area contributed by atoms with Crippen molar-refractivity contribution in [3.8, 4) is 0 Å². The first-order valence-corrected chi connectivity index (χ1v) is 10.2. The highest BCUT2D eigenvalue weighted by atomic mass is 32.2. The SMILES string of the molecule is O=C(c1ccccc1)C1CCN(S(=O)(=O)c2ccc3[nH]c(=O)[nH]c3c2)CC1. The third-order valence-electron chi connectivity index (χ3n) is 5.01. The van der Waals surface area contributed by atoms with Crippen LogP contribution in [0.25, 0.3) is 11.0 Å². The zero-order valence-corrected chi connectivity index (χ0v) is 15.3. The number of carbonyl (C=O) groups is 1. The van der Waals surface area contributed by atoms with E-state index < -0.39 is 10.0 Å². The van der Waals surface area contributed by atoms with E-state index in [9.17, 15) is 18.0 Å². The van der Waals surface area contributed by atoms with Gasteiger partial charge in [0.25, 0.3) is 0 Å². The topological polar surface area (TPSA) is 103 Å². The first-order valence-electron chi connectivity index (χ1n) is 8.76. The second-order valence-corrected chi connectivity index (χ2v) is 8.63. The Bertz CT molecular complexity index is 1140. The van der Waals surface area contributed by atoms with Gasteiger partial charge in [0.05, 0.1) is 15.9 Å². The van der Waals surface area contributed by atoms with Crippen molar-refractivity contribution in [2.24, 2.45) is 5.92 Å². The van der Waals surface area contributed by atoms with Crippen LogP contribution in [-0.4, -0.2) is 41.6 Å². The number of ketones is 1. The smallest absolute Gasteiger partial charge is 0.306 e. The molecule has 0 aliphatic carbocycles. The molecule has 2 aromatic carbocycles. The van der Waals surface area contributed by atoms with Crippen molar-refractivity contribution in [3.05, 3.63) is 64.6 Å². The number of rotatable bonds is 4. The van der Waals surface area contributed by atoms with Crippen LogP contribution in [0.2, 0.25) is 0 Å². The molecule has 0 unspecified atom stereocenters. The standard InChI is InChI=1S/C19H19N3O4S/c23-18(13-4-2-1-3-5-13)14-8-10-22(11-9-14)27(25,26)15-6-7-16-17(12-15)21-19(24)20-16/h1-7,12,14H,8-11H2,(H2,20,21,24). The molecule has 2 heterocycles. The van der Waals surface area contributed by atoms with Crippen molar-refractivity contribution in [3.63, 3.8) is 0 Å². The molecule has 1 aliphatic rings. The van der Waals surface area contributed by atoms with E-state index in [0.717, 1.165) is 0 Å². The Balaban J connectivity index is 1.51. The molecule has 4 rings (SSSR count). The first kappa shape index (κ1) is 17.7. The molecule has 27 heavy (non-hydrogen) atoms. The maximum absolute atomic E-state index is 12.9. The number of H-pyrrole nitrogens is 2. The zero-order chi connectivity index (χ0) is 19.0. The molecular formula is C19H19N3O4S. The number of Topliss-reactive ketones (excluding diaryl/α,β-unsaturated/α-hetero) is 1. The lowest BCUT2D eigenvalue weighted by molar-refractivity contribution is 0.0875. The van der Waals surface area contributed by atoms with Gasteiger partial charge in [-0.05, 0) is 31.0 Å². The monoisotopic (exact) mass is 385 g/mol. The molecule has 1 aliphatic heterocycles. The van der Waals surface area contributed by atoms with E-state index in [1.807, 2.05) is 18.2 Å². The third kappa shape index (κ3) is 3.33. The maximum atomic E-state index is 12.9. The minimum atomic E-state index is -3.67. The summed E-state index contributed by atoms with van der Waals surface area (Å²) in [5, 5.41) is 0. The van der Waals surface area contributed by atoms with E-state index >= 15 is 0 Å². The third-order valence-corrected chi connectivity index (χ3v) is 6.90. The number of hydrogen-bond acceptors (Lipinski definition) is 4. The lowest BCUT2D eigenvalue weighted by Crippen LogP contribution is -2.40. The van der Waals surface area contributed by atoms with E-state index in [2.05, 4.69) is 9.97 Å². The average Bonchev–Trinajstić information content (AvgIpc) is 3.07. The van der Waals surface area contributed by atoms with Crippen molar-refractivity contribution >= 4 is 26.8 Å². The van der Waals surface area contributed by atoms with Gasteiger partial charge in [-0.1, -0.05) is 30.3 Å². The zero-order valence-electron chi connectivity index (χ0n) is 14.5. The van der Waals surface area contributed by atoms with Gasteiger partial charge in [0, 0.05) is 24.6 Å². The number of fused-ring (bicyclic) bond motifs is 1. The maximum Gasteiger partial charge on any atom is 0.323 e. The van der Waals surface area contributed by atoms with Crippen molar-refractivity contribution < 1.29 is 13.2 Å². The van der Waals surface area contributed by atoms with Crippen LogP contribution >= 0.6 is 0 Å². The number of nitrogens with zero attached hydrogens (tertiary/aromatic N) is 1. The van der Waals surface area contributed by atoms with E-state index in [1.165, 1.54) is 16.4 Å². The molecule has 1 fully saturated rings. The highest BCUT2D eigenvalue weighted by Crippen LogP contribution is 2.27. The highest BCUT2D eigenvalue weighted by Gasteiger charge is 2.32. The van der Waals surface area contributed by atoms with Gasteiger partial charge in [0.1, 0.15) is 0 Å². The predicted molar refractivity (Wildman–Crippen MR) is 101 cm³/mol. The van der Waals surface area contributed by atoms with Crippen LogP contribution in [0.15, 0.2) is 58.2 Å². The molecule has 3 aromatic rings. The summed E-state index contributed by atoms with van der Waals surface area (Å²) in [4.78, 5) is 29.2. The number of carbonyl (C=O) groups excluding carboxylic acids is 1. The lowest BCUT2D eigenvalue weighted by Gasteiger charge is -2.30. The molecule has 140 valence electrons. The number of imidazole rings is 1. The van der Waals surface area contributed by atoms with Crippen LogP contribution in [-0.2, 0) is 10.0 Å². The minimum Gasteiger partial charge on any atom is -0.306 e. The summed E-state index contributed by atoms with van der Waals surface area (Å²) in [7, 11) is -3.67. The van der Waals surface area contributed by atoms with Crippen molar-refractivity contribution in [1.29, 1.82) is 0 Å². The molecule has 0 atom stereocenters. The molecule has 8 heteroatoms.